The van der Waals surface area contributed by atoms with Crippen LogP contribution < -0.4 is 0 Å². The Balaban J connectivity index is 1.55. The average Bonchev–Trinajstić information content (AvgIpc) is 2.86. The minimum atomic E-state index is 0.136. The molecule has 0 radical (unpaired) electrons. The van der Waals surface area contributed by atoms with E-state index in [0.717, 1.165) is 30.1 Å². The molecule has 0 atom stereocenters. The maximum atomic E-state index is 10.3. The summed E-state index contributed by atoms with van der Waals surface area (Å²) in [7, 11) is 3.15. The predicted octanol–water partition coefficient (Wildman–Crippen LogP) is 10.4. The third-order valence-electron chi connectivity index (χ3n) is 4.75. The Labute approximate surface area is 250 Å². The SMILES string of the molecule is Oc1c(Br)cc(Br)cc1C=Nc1ccccc1SSc1ccccc1N=Cc1cc(Br)cc(Br)c1O. The van der Waals surface area contributed by atoms with E-state index in [2.05, 4.69) is 73.7 Å². The topological polar surface area (TPSA) is 65.2 Å². The fraction of sp³-hybridized carbons (Fsp3) is 0. The summed E-state index contributed by atoms with van der Waals surface area (Å²) >= 11 is 13.6. The molecule has 4 rings (SSSR count). The van der Waals surface area contributed by atoms with Gasteiger partial charge < -0.3 is 10.2 Å². The molecule has 0 unspecified atom stereocenters. The van der Waals surface area contributed by atoms with Gasteiger partial charge >= 0.3 is 0 Å². The van der Waals surface area contributed by atoms with Crippen molar-refractivity contribution in [1.29, 1.82) is 0 Å². The van der Waals surface area contributed by atoms with E-state index in [0.29, 0.717) is 20.1 Å². The van der Waals surface area contributed by atoms with E-state index >= 15 is 0 Å². The number of phenols is 2. The smallest absolute Gasteiger partial charge is 0.138 e. The summed E-state index contributed by atoms with van der Waals surface area (Å²) in [5.41, 5.74) is 2.78. The fourth-order valence-corrected chi connectivity index (χ4v) is 7.77. The molecular formula is C26H16Br4N2O2S2. The van der Waals surface area contributed by atoms with Crippen LogP contribution in [0, 0.1) is 0 Å². The lowest BCUT2D eigenvalue weighted by atomic mass is 10.2. The highest BCUT2D eigenvalue weighted by molar-refractivity contribution is 9.11. The van der Waals surface area contributed by atoms with Crippen molar-refractivity contribution in [2.24, 2.45) is 9.98 Å². The summed E-state index contributed by atoms with van der Waals surface area (Å²) in [6.07, 6.45) is 3.30. The highest BCUT2D eigenvalue weighted by Crippen LogP contribution is 2.45. The molecule has 4 nitrogen and oxygen atoms in total. The Kier molecular flexibility index (Phi) is 9.77. The van der Waals surface area contributed by atoms with Gasteiger partial charge in [0.1, 0.15) is 11.5 Å². The van der Waals surface area contributed by atoms with E-state index < -0.39 is 0 Å². The summed E-state index contributed by atoms with van der Waals surface area (Å²) in [6.45, 7) is 0. The number of hydrogen-bond donors (Lipinski definition) is 2. The van der Waals surface area contributed by atoms with Gasteiger partial charge in [0.25, 0.3) is 0 Å². The molecule has 2 N–H and O–H groups in total. The Morgan fingerprint density at radius 2 is 0.972 bits per heavy atom. The average molecular weight is 772 g/mol. The van der Waals surface area contributed by atoms with E-state index in [4.69, 9.17) is 0 Å². The highest BCUT2D eigenvalue weighted by Gasteiger charge is 2.09. The maximum Gasteiger partial charge on any atom is 0.138 e. The van der Waals surface area contributed by atoms with Gasteiger partial charge in [-0.15, -0.1) is 0 Å². The zero-order chi connectivity index (χ0) is 25.7. The van der Waals surface area contributed by atoms with Crippen molar-refractivity contribution in [3.05, 3.63) is 102 Å². The minimum absolute atomic E-state index is 0.136. The number of rotatable bonds is 7. The summed E-state index contributed by atoms with van der Waals surface area (Å²) < 4.78 is 2.87. The number of hydrogen-bond acceptors (Lipinski definition) is 6. The molecule has 0 aliphatic carbocycles. The first-order valence-electron chi connectivity index (χ1n) is 10.3. The number of halogens is 4. The zero-order valence-electron chi connectivity index (χ0n) is 18.2. The van der Waals surface area contributed by atoms with Crippen LogP contribution in [0.2, 0.25) is 0 Å². The standard InChI is InChI=1S/C26H16Br4N2O2S2/c27-17-9-15(25(33)19(29)11-17)13-31-21-5-1-3-7-23(21)35-36-24-8-4-2-6-22(24)32-14-16-10-18(28)12-20(30)26(16)34/h1-14,33-34H. The number of aliphatic imine (C=N–C) groups is 2. The van der Waals surface area contributed by atoms with Crippen LogP contribution in [0.3, 0.4) is 0 Å². The second-order valence-corrected chi connectivity index (χ2v) is 13.0. The molecule has 0 spiro atoms. The molecule has 0 amide bonds. The number of phenolic OH excluding ortho intramolecular Hbond substituents is 2. The molecule has 0 heterocycles. The van der Waals surface area contributed by atoms with Gasteiger partial charge in [-0.2, -0.15) is 0 Å². The van der Waals surface area contributed by atoms with E-state index in [1.165, 1.54) is 0 Å². The molecule has 182 valence electrons. The Hall–Kier alpha value is -1.56. The van der Waals surface area contributed by atoms with E-state index in [1.807, 2.05) is 60.7 Å². The van der Waals surface area contributed by atoms with Crippen molar-refractivity contribution < 1.29 is 10.2 Å². The van der Waals surface area contributed by atoms with Crippen LogP contribution in [0.15, 0.2) is 110 Å². The normalized spacial score (nSPS) is 11.6. The first-order valence-corrected chi connectivity index (χ1v) is 15.6. The van der Waals surface area contributed by atoms with Gasteiger partial charge in [0.05, 0.1) is 20.3 Å². The summed E-state index contributed by atoms with van der Waals surface area (Å²) in [4.78, 5) is 11.2. The number of para-hydroxylation sites is 2. The van der Waals surface area contributed by atoms with Gasteiger partial charge in [-0.1, -0.05) is 77.7 Å². The second-order valence-electron chi connectivity index (χ2n) is 7.27. The summed E-state index contributed by atoms with van der Waals surface area (Å²) in [5, 5.41) is 20.7. The lowest BCUT2D eigenvalue weighted by molar-refractivity contribution is 0.470. The van der Waals surface area contributed by atoms with Crippen LogP contribution >= 0.6 is 85.3 Å². The van der Waals surface area contributed by atoms with Crippen LogP contribution in [-0.4, -0.2) is 22.6 Å². The van der Waals surface area contributed by atoms with Gasteiger partial charge in [-0.05, 0) is 80.4 Å². The quantitative estimate of drug-likeness (QED) is 0.145. The molecule has 4 aromatic rings. The Morgan fingerprint density at radius 3 is 1.39 bits per heavy atom. The third-order valence-corrected chi connectivity index (χ3v) is 9.34. The number of nitrogens with zero attached hydrogens (tertiary/aromatic N) is 2. The molecular weight excluding hydrogens is 756 g/mol. The minimum Gasteiger partial charge on any atom is -0.506 e. The fourth-order valence-electron chi connectivity index (χ4n) is 3.01. The van der Waals surface area contributed by atoms with E-state index in [-0.39, 0.29) is 11.5 Å². The first kappa shape index (κ1) is 27.5. The van der Waals surface area contributed by atoms with Crippen LogP contribution in [0.1, 0.15) is 11.1 Å². The van der Waals surface area contributed by atoms with Crippen LogP contribution in [0.4, 0.5) is 11.4 Å². The summed E-state index contributed by atoms with van der Waals surface area (Å²) in [6, 6.07) is 22.8. The lowest BCUT2D eigenvalue weighted by Gasteiger charge is -2.08. The molecule has 0 aliphatic heterocycles. The van der Waals surface area contributed by atoms with Gasteiger partial charge in [-0.3, -0.25) is 9.98 Å². The lowest BCUT2D eigenvalue weighted by Crippen LogP contribution is -1.85. The van der Waals surface area contributed by atoms with E-state index in [1.54, 1.807) is 46.1 Å². The van der Waals surface area contributed by atoms with Crippen LogP contribution in [0.5, 0.6) is 11.5 Å². The molecule has 10 heteroatoms. The molecule has 0 saturated carbocycles. The van der Waals surface area contributed by atoms with Crippen molar-refractivity contribution in [2.75, 3.05) is 0 Å². The van der Waals surface area contributed by atoms with Crippen molar-refractivity contribution >= 4 is 109 Å². The van der Waals surface area contributed by atoms with Crippen molar-refractivity contribution in [3.8, 4) is 11.5 Å². The van der Waals surface area contributed by atoms with Crippen LogP contribution in [-0.2, 0) is 0 Å². The predicted molar refractivity (Wildman–Crippen MR) is 166 cm³/mol. The van der Waals surface area contributed by atoms with Gasteiger partial charge in [0.15, 0.2) is 0 Å². The first-order chi connectivity index (χ1) is 17.3. The van der Waals surface area contributed by atoms with Gasteiger partial charge in [-0.25, -0.2) is 0 Å². The molecule has 0 fully saturated rings. The molecule has 0 bridgehead atoms. The number of benzene rings is 4. The van der Waals surface area contributed by atoms with Crippen molar-refractivity contribution in [1.82, 2.24) is 0 Å². The molecule has 0 aliphatic rings. The summed E-state index contributed by atoms with van der Waals surface area (Å²) in [5.74, 6) is 0.272. The molecule has 0 aromatic heterocycles. The Bertz CT molecular complexity index is 1370. The maximum absolute atomic E-state index is 10.3. The third kappa shape index (κ3) is 7.05. The monoisotopic (exact) mass is 768 g/mol. The molecule has 0 saturated heterocycles. The van der Waals surface area contributed by atoms with E-state index in [9.17, 15) is 10.2 Å². The number of aromatic hydroxyl groups is 2. The molecule has 36 heavy (non-hydrogen) atoms. The highest BCUT2D eigenvalue weighted by atomic mass is 79.9. The second kappa shape index (κ2) is 12.8. The largest absolute Gasteiger partial charge is 0.506 e. The zero-order valence-corrected chi connectivity index (χ0v) is 26.2. The van der Waals surface area contributed by atoms with Crippen molar-refractivity contribution in [3.63, 3.8) is 0 Å². The Morgan fingerprint density at radius 1 is 0.583 bits per heavy atom. The van der Waals surface area contributed by atoms with Crippen LogP contribution in [0.25, 0.3) is 0 Å². The molecule has 4 aromatic carbocycles. The van der Waals surface area contributed by atoms with Gasteiger partial charge in [0, 0.05) is 42.3 Å². The van der Waals surface area contributed by atoms with Crippen molar-refractivity contribution in [2.45, 2.75) is 9.79 Å². The van der Waals surface area contributed by atoms with Gasteiger partial charge in [0.2, 0.25) is 0 Å².